The summed E-state index contributed by atoms with van der Waals surface area (Å²) in [6.45, 7) is 0.488. The lowest BCUT2D eigenvalue weighted by Crippen LogP contribution is -2.38. The molecule has 0 amide bonds. The van der Waals surface area contributed by atoms with Crippen LogP contribution in [0.15, 0.2) is 112 Å². The number of halogens is 2. The number of fused-ring (bicyclic) bond motifs is 4. The Balaban J connectivity index is 1.18. The maximum atomic E-state index is 14.1. The van der Waals surface area contributed by atoms with Crippen LogP contribution in [-0.4, -0.2) is 4.57 Å². The molecule has 8 heteroatoms. The first kappa shape index (κ1) is 28.4. The molecule has 44 heavy (non-hydrogen) atoms. The van der Waals surface area contributed by atoms with E-state index in [-0.39, 0.29) is 11.6 Å². The summed E-state index contributed by atoms with van der Waals surface area (Å²) < 4.78 is 11.0. The Morgan fingerprint density at radius 2 is 1.73 bits per heavy atom. The second-order valence-corrected chi connectivity index (χ2v) is 15.2. The number of hydrogen-bond acceptors (Lipinski definition) is 5. The number of nitrogens with zero attached hydrogens (tertiary/aromatic N) is 2. The molecule has 4 aromatic carbocycles. The summed E-state index contributed by atoms with van der Waals surface area (Å²) in [6.07, 6.45) is 3.87. The highest BCUT2D eigenvalue weighted by Crippen LogP contribution is 2.42. The van der Waals surface area contributed by atoms with Crippen LogP contribution in [0.3, 0.4) is 0 Å². The maximum absolute atomic E-state index is 14.1. The van der Waals surface area contributed by atoms with E-state index in [9.17, 15) is 4.79 Å². The molecule has 0 saturated heterocycles. The van der Waals surface area contributed by atoms with Gasteiger partial charge in [-0.3, -0.25) is 9.36 Å². The van der Waals surface area contributed by atoms with E-state index in [0.717, 1.165) is 47.4 Å². The standard InChI is InChI=1S/C36H24I2N2O2S2/c37-28-17-21(18-29(38)34(28)42-20-24-10-5-9-22-7-1-3-11-25(22)24)19-31-35(41)40-33(30-13-6-16-43-30)27-15-14-23-8-2-4-12-26(23)32(27)39-36(40)44-31/h1-13,16-19,33H,14-15,20H2/b31-19+. The van der Waals surface area contributed by atoms with Crippen molar-refractivity contribution >= 4 is 90.4 Å². The molecule has 0 fully saturated rings. The third kappa shape index (κ3) is 4.99. The molecule has 216 valence electrons. The lowest BCUT2D eigenvalue weighted by atomic mass is 9.85. The second kappa shape index (κ2) is 11.7. The molecule has 0 N–H and O–H groups in total. The molecule has 1 aliphatic carbocycles. The molecule has 0 saturated carbocycles. The van der Waals surface area contributed by atoms with Gasteiger partial charge in [0.25, 0.3) is 5.56 Å². The largest absolute Gasteiger partial charge is 0.487 e. The van der Waals surface area contributed by atoms with Crippen molar-refractivity contribution in [2.24, 2.45) is 4.99 Å². The van der Waals surface area contributed by atoms with Gasteiger partial charge in [-0.05, 0) is 121 Å². The fraction of sp³-hybridized carbons (Fsp3) is 0.111. The van der Waals surface area contributed by atoms with Crippen LogP contribution in [0.1, 0.15) is 39.6 Å². The van der Waals surface area contributed by atoms with Crippen molar-refractivity contribution in [1.29, 1.82) is 0 Å². The van der Waals surface area contributed by atoms with Crippen LogP contribution in [0.5, 0.6) is 5.75 Å². The van der Waals surface area contributed by atoms with E-state index in [1.807, 2.05) is 10.6 Å². The van der Waals surface area contributed by atoms with Gasteiger partial charge in [0, 0.05) is 10.4 Å². The molecule has 8 rings (SSSR count). The first-order chi connectivity index (χ1) is 21.5. The first-order valence-corrected chi connectivity index (χ1v) is 18.2. The summed E-state index contributed by atoms with van der Waals surface area (Å²) in [7, 11) is 0. The number of ether oxygens (including phenoxy) is 1. The zero-order valence-corrected chi connectivity index (χ0v) is 29.2. The van der Waals surface area contributed by atoms with Crippen LogP contribution in [0.2, 0.25) is 0 Å². The molecule has 3 heterocycles. The number of thiophene rings is 1. The first-order valence-electron chi connectivity index (χ1n) is 14.3. The number of allylic oxidation sites excluding steroid dienone is 1. The minimum absolute atomic E-state index is 0.0128. The number of hydrogen-bond donors (Lipinski definition) is 0. The molecule has 0 radical (unpaired) electrons. The predicted octanol–water partition coefficient (Wildman–Crippen LogP) is 8.32. The van der Waals surface area contributed by atoms with Crippen molar-refractivity contribution in [2.45, 2.75) is 25.5 Å². The van der Waals surface area contributed by atoms with Gasteiger partial charge in [0.1, 0.15) is 12.4 Å². The summed E-state index contributed by atoms with van der Waals surface area (Å²) in [5.74, 6) is 0.863. The minimum atomic E-state index is -0.123. The summed E-state index contributed by atoms with van der Waals surface area (Å²) in [5.41, 5.74) is 6.94. The molecular weight excluding hydrogens is 810 g/mol. The van der Waals surface area contributed by atoms with E-state index in [4.69, 9.17) is 9.73 Å². The fourth-order valence-electron chi connectivity index (χ4n) is 6.24. The van der Waals surface area contributed by atoms with Crippen molar-refractivity contribution < 1.29 is 4.74 Å². The van der Waals surface area contributed by atoms with E-state index in [0.29, 0.717) is 11.1 Å². The van der Waals surface area contributed by atoms with Crippen molar-refractivity contribution in [2.75, 3.05) is 0 Å². The molecular formula is C36H24I2N2O2S2. The monoisotopic (exact) mass is 834 g/mol. The number of thiazole rings is 1. The number of benzene rings is 4. The predicted molar refractivity (Wildman–Crippen MR) is 197 cm³/mol. The van der Waals surface area contributed by atoms with Crippen LogP contribution in [-0.2, 0) is 13.0 Å². The summed E-state index contributed by atoms with van der Waals surface area (Å²) in [5, 5.41) is 4.51. The number of rotatable bonds is 5. The van der Waals surface area contributed by atoms with Gasteiger partial charge < -0.3 is 4.74 Å². The molecule has 1 aliphatic heterocycles. The lowest BCUT2D eigenvalue weighted by molar-refractivity contribution is 0.303. The van der Waals surface area contributed by atoms with Crippen LogP contribution in [0, 0.1) is 7.14 Å². The number of aryl methyl sites for hydroxylation is 1. The van der Waals surface area contributed by atoms with E-state index in [1.54, 1.807) is 11.3 Å². The van der Waals surface area contributed by atoms with Gasteiger partial charge in [-0.15, -0.1) is 11.3 Å². The van der Waals surface area contributed by atoms with Gasteiger partial charge in [-0.25, -0.2) is 4.99 Å². The van der Waals surface area contributed by atoms with Gasteiger partial charge in [-0.2, -0.15) is 0 Å². The molecule has 1 atom stereocenters. The van der Waals surface area contributed by atoms with Gasteiger partial charge >= 0.3 is 0 Å². The molecule has 0 spiro atoms. The summed E-state index contributed by atoms with van der Waals surface area (Å²) >= 11 is 7.86. The van der Waals surface area contributed by atoms with Crippen LogP contribution >= 0.6 is 67.9 Å². The van der Waals surface area contributed by atoms with Gasteiger partial charge in [0.2, 0.25) is 0 Å². The molecule has 2 aliphatic rings. The van der Waals surface area contributed by atoms with Gasteiger partial charge in [0.15, 0.2) is 4.80 Å². The van der Waals surface area contributed by atoms with Crippen molar-refractivity contribution in [3.8, 4) is 5.75 Å². The average molecular weight is 835 g/mol. The maximum Gasteiger partial charge on any atom is 0.271 e. The fourth-order valence-corrected chi connectivity index (χ4v) is 10.2. The summed E-state index contributed by atoms with van der Waals surface area (Å²) in [4.78, 5) is 21.2. The van der Waals surface area contributed by atoms with Crippen LogP contribution in [0.4, 0.5) is 0 Å². The SMILES string of the molecule is O=c1/c(=C\c2cc(I)c(OCc3cccc4ccccc34)c(I)c2)sc2n1C(c1cccs1)C1=C(N=2)c2ccccc2CC1. The normalized spacial score (nSPS) is 16.0. The van der Waals surface area contributed by atoms with Crippen molar-refractivity contribution in [3.63, 3.8) is 0 Å². The quantitative estimate of drug-likeness (QED) is 0.164. The van der Waals surface area contributed by atoms with Crippen molar-refractivity contribution in [3.05, 3.63) is 156 Å². The third-order valence-corrected chi connectivity index (χ3v) is 11.8. The Kier molecular flexibility index (Phi) is 7.56. The molecule has 4 nitrogen and oxygen atoms in total. The summed E-state index contributed by atoms with van der Waals surface area (Å²) in [6, 6.07) is 31.5. The van der Waals surface area contributed by atoms with E-state index < -0.39 is 0 Å². The van der Waals surface area contributed by atoms with E-state index >= 15 is 0 Å². The third-order valence-electron chi connectivity index (χ3n) is 8.26. The Morgan fingerprint density at radius 1 is 0.932 bits per heavy atom. The Morgan fingerprint density at radius 3 is 2.57 bits per heavy atom. The van der Waals surface area contributed by atoms with Gasteiger partial charge in [0.05, 0.1) is 23.4 Å². The van der Waals surface area contributed by atoms with Gasteiger partial charge in [-0.1, -0.05) is 84.1 Å². The molecule has 2 aromatic heterocycles. The minimum Gasteiger partial charge on any atom is -0.487 e. The smallest absolute Gasteiger partial charge is 0.271 e. The topological polar surface area (TPSA) is 43.6 Å². The molecule has 0 bridgehead atoms. The Hall–Kier alpha value is -3.06. The van der Waals surface area contributed by atoms with E-state index in [2.05, 4.69) is 142 Å². The Bertz CT molecular complexity index is 2270. The zero-order valence-electron chi connectivity index (χ0n) is 23.3. The highest BCUT2D eigenvalue weighted by atomic mass is 127. The lowest BCUT2D eigenvalue weighted by Gasteiger charge is -2.30. The van der Waals surface area contributed by atoms with Crippen LogP contribution < -0.4 is 19.6 Å². The van der Waals surface area contributed by atoms with E-state index in [1.165, 1.54) is 43.7 Å². The zero-order chi connectivity index (χ0) is 29.8. The second-order valence-electron chi connectivity index (χ2n) is 10.9. The highest BCUT2D eigenvalue weighted by Gasteiger charge is 2.33. The highest BCUT2D eigenvalue weighted by molar-refractivity contribution is 14.1. The van der Waals surface area contributed by atoms with Crippen molar-refractivity contribution in [1.82, 2.24) is 4.57 Å². The average Bonchev–Trinajstić information content (AvgIpc) is 3.68. The van der Waals surface area contributed by atoms with Crippen LogP contribution in [0.25, 0.3) is 22.5 Å². The molecule has 6 aromatic rings. The molecule has 1 unspecified atom stereocenters. The Labute approximate surface area is 289 Å². The number of aromatic nitrogens is 1.